The molecule has 0 bridgehead atoms. The zero-order valence-electron chi connectivity index (χ0n) is 13.8. The quantitative estimate of drug-likeness (QED) is 0.730. The van der Waals surface area contributed by atoms with Gasteiger partial charge in [0.25, 0.3) is 5.56 Å². The van der Waals surface area contributed by atoms with Crippen LogP contribution >= 0.6 is 11.6 Å². The minimum absolute atomic E-state index is 0.0893. The summed E-state index contributed by atoms with van der Waals surface area (Å²) in [6.07, 6.45) is 1.46. The molecule has 2 aromatic carbocycles. The summed E-state index contributed by atoms with van der Waals surface area (Å²) in [6, 6.07) is 12.6. The molecule has 1 aromatic heterocycles. The summed E-state index contributed by atoms with van der Waals surface area (Å²) in [6.45, 7) is 1.86. The number of amides is 1. The van der Waals surface area contributed by atoms with Crippen LogP contribution in [0, 0.1) is 6.92 Å². The Bertz CT molecular complexity index is 982. The lowest BCUT2D eigenvalue weighted by molar-refractivity contribution is -0.116. The molecule has 128 valence electrons. The predicted molar refractivity (Wildman–Crippen MR) is 100 cm³/mol. The molecule has 6 heteroatoms. The molecule has 0 unspecified atom stereocenters. The number of H-pyrrole nitrogens is 1. The summed E-state index contributed by atoms with van der Waals surface area (Å²) in [5.41, 5.74) is 2.08. The van der Waals surface area contributed by atoms with Crippen LogP contribution < -0.4 is 10.9 Å². The normalized spacial score (nSPS) is 10.8. The van der Waals surface area contributed by atoms with Crippen molar-refractivity contribution in [1.82, 2.24) is 9.97 Å². The number of aryl methyl sites for hydroxylation is 1. The molecule has 2 N–H and O–H groups in total. The zero-order chi connectivity index (χ0) is 17.8. The van der Waals surface area contributed by atoms with Crippen LogP contribution in [0.4, 0.5) is 5.69 Å². The van der Waals surface area contributed by atoms with Crippen LogP contribution in [-0.2, 0) is 11.2 Å². The summed E-state index contributed by atoms with van der Waals surface area (Å²) >= 11 is 6.05. The minimum atomic E-state index is -0.153. The Morgan fingerprint density at radius 2 is 2.00 bits per heavy atom. The van der Waals surface area contributed by atoms with Gasteiger partial charge < -0.3 is 10.3 Å². The highest BCUT2D eigenvalue weighted by molar-refractivity contribution is 6.31. The molecule has 0 spiro atoms. The molecule has 25 heavy (non-hydrogen) atoms. The number of aromatic nitrogens is 2. The van der Waals surface area contributed by atoms with Crippen molar-refractivity contribution in [3.63, 3.8) is 0 Å². The third kappa shape index (κ3) is 4.06. The van der Waals surface area contributed by atoms with E-state index < -0.39 is 0 Å². The maximum Gasteiger partial charge on any atom is 0.258 e. The van der Waals surface area contributed by atoms with E-state index in [0.717, 1.165) is 11.3 Å². The SMILES string of the molecule is Cc1c(Cl)cccc1NC(=O)CCCc1nc2ccccc2c(=O)[nH]1. The standard InChI is InChI=1S/C19H18ClN3O2/c1-12-14(20)7-4-9-15(12)22-18(24)11-5-10-17-21-16-8-3-2-6-13(16)19(25)23-17/h2-4,6-9H,5,10-11H2,1H3,(H,22,24)(H,21,23,25). The second kappa shape index (κ2) is 7.49. The molecule has 0 radical (unpaired) electrons. The number of anilines is 1. The molecule has 0 aliphatic heterocycles. The lowest BCUT2D eigenvalue weighted by Crippen LogP contribution is -2.14. The van der Waals surface area contributed by atoms with Crippen molar-refractivity contribution in [3.05, 3.63) is 69.2 Å². The largest absolute Gasteiger partial charge is 0.326 e. The number of rotatable bonds is 5. The van der Waals surface area contributed by atoms with Crippen molar-refractivity contribution in [1.29, 1.82) is 0 Å². The van der Waals surface area contributed by atoms with E-state index >= 15 is 0 Å². The van der Waals surface area contributed by atoms with Gasteiger partial charge in [0, 0.05) is 23.6 Å². The molecule has 0 aliphatic carbocycles. The van der Waals surface area contributed by atoms with Gasteiger partial charge in [-0.05, 0) is 43.2 Å². The minimum Gasteiger partial charge on any atom is -0.326 e. The van der Waals surface area contributed by atoms with Gasteiger partial charge in [0.1, 0.15) is 5.82 Å². The summed E-state index contributed by atoms with van der Waals surface area (Å²) in [7, 11) is 0. The van der Waals surface area contributed by atoms with Crippen molar-refractivity contribution in [2.45, 2.75) is 26.2 Å². The number of halogens is 1. The predicted octanol–water partition coefficient (Wildman–Crippen LogP) is 3.85. The Morgan fingerprint density at radius 1 is 1.20 bits per heavy atom. The van der Waals surface area contributed by atoms with Crippen LogP contribution in [0.25, 0.3) is 10.9 Å². The lowest BCUT2D eigenvalue weighted by atomic mass is 10.1. The van der Waals surface area contributed by atoms with Crippen LogP contribution in [0.2, 0.25) is 5.02 Å². The number of hydrogen-bond acceptors (Lipinski definition) is 3. The van der Waals surface area contributed by atoms with Crippen molar-refractivity contribution in [3.8, 4) is 0 Å². The van der Waals surface area contributed by atoms with Gasteiger partial charge in [0.05, 0.1) is 10.9 Å². The van der Waals surface area contributed by atoms with Crippen LogP contribution in [0.3, 0.4) is 0 Å². The monoisotopic (exact) mass is 355 g/mol. The van der Waals surface area contributed by atoms with Gasteiger partial charge in [-0.2, -0.15) is 0 Å². The number of benzene rings is 2. The average Bonchev–Trinajstić information content (AvgIpc) is 2.59. The highest BCUT2D eigenvalue weighted by atomic mass is 35.5. The first-order valence-corrected chi connectivity index (χ1v) is 8.45. The highest BCUT2D eigenvalue weighted by Gasteiger charge is 2.08. The molecule has 0 atom stereocenters. The van der Waals surface area contributed by atoms with E-state index in [1.165, 1.54) is 0 Å². The van der Waals surface area contributed by atoms with E-state index in [2.05, 4.69) is 15.3 Å². The molecular weight excluding hydrogens is 338 g/mol. The van der Waals surface area contributed by atoms with Gasteiger partial charge >= 0.3 is 0 Å². The molecule has 3 aromatic rings. The molecule has 3 rings (SSSR count). The Kier molecular flexibility index (Phi) is 5.14. The second-order valence-corrected chi connectivity index (χ2v) is 6.25. The summed E-state index contributed by atoms with van der Waals surface area (Å²) < 4.78 is 0. The van der Waals surface area contributed by atoms with Crippen molar-refractivity contribution >= 4 is 34.1 Å². The first-order chi connectivity index (χ1) is 12.0. The Labute approximate surface area is 150 Å². The number of carbonyl (C=O) groups is 1. The number of aromatic amines is 1. The van der Waals surface area contributed by atoms with Gasteiger partial charge in [-0.1, -0.05) is 29.8 Å². The van der Waals surface area contributed by atoms with Gasteiger partial charge in [-0.15, -0.1) is 0 Å². The Hall–Kier alpha value is -2.66. The fraction of sp³-hybridized carbons (Fsp3) is 0.211. The Morgan fingerprint density at radius 3 is 2.84 bits per heavy atom. The van der Waals surface area contributed by atoms with Gasteiger partial charge in [0.15, 0.2) is 0 Å². The maximum absolute atomic E-state index is 12.1. The molecule has 1 amide bonds. The summed E-state index contributed by atoms with van der Waals surface area (Å²) in [5.74, 6) is 0.504. The molecule has 0 saturated heterocycles. The zero-order valence-corrected chi connectivity index (χ0v) is 14.6. The van der Waals surface area contributed by atoms with Gasteiger partial charge in [0.2, 0.25) is 5.91 Å². The number of nitrogens with zero attached hydrogens (tertiary/aromatic N) is 1. The lowest BCUT2D eigenvalue weighted by Gasteiger charge is -2.09. The van der Waals surface area contributed by atoms with E-state index in [1.807, 2.05) is 25.1 Å². The number of hydrogen-bond donors (Lipinski definition) is 2. The molecule has 5 nitrogen and oxygen atoms in total. The van der Waals surface area contributed by atoms with E-state index in [0.29, 0.717) is 41.0 Å². The number of carbonyl (C=O) groups excluding carboxylic acids is 1. The number of para-hydroxylation sites is 1. The number of nitrogens with one attached hydrogen (secondary N) is 2. The fourth-order valence-corrected chi connectivity index (χ4v) is 2.80. The highest BCUT2D eigenvalue weighted by Crippen LogP contribution is 2.23. The van der Waals surface area contributed by atoms with Gasteiger partial charge in [-0.3, -0.25) is 9.59 Å². The second-order valence-electron chi connectivity index (χ2n) is 5.84. The van der Waals surface area contributed by atoms with E-state index in [9.17, 15) is 9.59 Å². The first kappa shape index (κ1) is 17.2. The fourth-order valence-electron chi connectivity index (χ4n) is 2.63. The third-order valence-corrected chi connectivity index (χ3v) is 4.43. The summed E-state index contributed by atoms with van der Waals surface area (Å²) in [5, 5.41) is 4.05. The van der Waals surface area contributed by atoms with Crippen molar-refractivity contribution in [2.24, 2.45) is 0 Å². The van der Waals surface area contributed by atoms with Crippen molar-refractivity contribution < 1.29 is 4.79 Å². The van der Waals surface area contributed by atoms with Crippen LogP contribution in [0.1, 0.15) is 24.2 Å². The topological polar surface area (TPSA) is 74.8 Å². The van der Waals surface area contributed by atoms with Crippen molar-refractivity contribution in [2.75, 3.05) is 5.32 Å². The molecule has 0 fully saturated rings. The molecule has 1 heterocycles. The first-order valence-electron chi connectivity index (χ1n) is 8.07. The number of fused-ring (bicyclic) bond motifs is 1. The third-order valence-electron chi connectivity index (χ3n) is 4.02. The average molecular weight is 356 g/mol. The smallest absolute Gasteiger partial charge is 0.258 e. The van der Waals surface area contributed by atoms with E-state index in [4.69, 9.17) is 11.6 Å². The van der Waals surface area contributed by atoms with E-state index in [-0.39, 0.29) is 11.5 Å². The maximum atomic E-state index is 12.1. The van der Waals surface area contributed by atoms with Crippen LogP contribution in [0.5, 0.6) is 0 Å². The van der Waals surface area contributed by atoms with E-state index in [1.54, 1.807) is 24.3 Å². The van der Waals surface area contributed by atoms with Crippen LogP contribution in [0.15, 0.2) is 47.3 Å². The molecule has 0 saturated carbocycles. The Balaban J connectivity index is 1.60. The van der Waals surface area contributed by atoms with Gasteiger partial charge in [-0.25, -0.2) is 4.98 Å². The summed E-state index contributed by atoms with van der Waals surface area (Å²) in [4.78, 5) is 31.3. The van der Waals surface area contributed by atoms with Crippen LogP contribution in [-0.4, -0.2) is 15.9 Å². The molecular formula is C19H18ClN3O2. The molecule has 0 aliphatic rings.